The van der Waals surface area contributed by atoms with Crippen molar-refractivity contribution in [1.29, 1.82) is 0 Å². The van der Waals surface area contributed by atoms with Crippen LogP contribution in [0.5, 0.6) is 0 Å². The third-order valence-electron chi connectivity index (χ3n) is 3.84. The zero-order chi connectivity index (χ0) is 12.1. The van der Waals surface area contributed by atoms with Gasteiger partial charge in [0.2, 0.25) is 0 Å². The highest BCUT2D eigenvalue weighted by molar-refractivity contribution is 9.10. The molecule has 1 aliphatic rings. The molecule has 0 aromatic heterocycles. The monoisotopic (exact) mass is 282 g/mol. The Bertz CT molecular complexity index is 423. The zero-order valence-electron chi connectivity index (χ0n) is 10.3. The van der Waals surface area contributed by atoms with E-state index in [0.29, 0.717) is 11.3 Å². The second-order valence-corrected chi connectivity index (χ2v) is 6.56. The summed E-state index contributed by atoms with van der Waals surface area (Å²) in [6.45, 7) is 8.58. The zero-order valence-corrected chi connectivity index (χ0v) is 11.9. The Morgan fingerprint density at radius 1 is 1.31 bits per heavy atom. The average molecular weight is 283 g/mol. The van der Waals surface area contributed by atoms with Gasteiger partial charge in [-0.05, 0) is 54.4 Å². The van der Waals surface area contributed by atoms with Gasteiger partial charge in [0.1, 0.15) is 0 Å². The highest BCUT2D eigenvalue weighted by Crippen LogP contribution is 2.58. The molecule has 0 radical (unpaired) electrons. The summed E-state index contributed by atoms with van der Waals surface area (Å²) >= 11 is 3.52. The van der Waals surface area contributed by atoms with Crippen LogP contribution in [0, 0.1) is 25.2 Å². The Morgan fingerprint density at radius 3 is 2.38 bits per heavy atom. The first-order chi connectivity index (χ1) is 7.33. The van der Waals surface area contributed by atoms with Crippen LogP contribution in [0.2, 0.25) is 0 Å². The highest BCUT2D eigenvalue weighted by atomic mass is 79.9. The molecule has 1 saturated carbocycles. The second-order valence-electron chi connectivity index (χ2n) is 5.70. The topological polar surface area (TPSA) is 20.2 Å². The summed E-state index contributed by atoms with van der Waals surface area (Å²) in [5, 5.41) is 10.4. The first-order valence-corrected chi connectivity index (χ1v) is 6.57. The van der Waals surface area contributed by atoms with Crippen molar-refractivity contribution in [2.75, 3.05) is 0 Å². The molecule has 0 aliphatic heterocycles. The minimum atomic E-state index is -0.304. The number of aliphatic hydroxyl groups excluding tert-OH is 1. The van der Waals surface area contributed by atoms with Crippen LogP contribution in [-0.4, -0.2) is 5.11 Å². The molecule has 0 amide bonds. The largest absolute Gasteiger partial charge is 0.388 e. The van der Waals surface area contributed by atoms with Crippen LogP contribution in [-0.2, 0) is 0 Å². The SMILES string of the molecule is Cc1cc(C(O)C2CC2(C)C)c(C)cc1Br. The van der Waals surface area contributed by atoms with Gasteiger partial charge in [0, 0.05) is 4.47 Å². The molecule has 1 aliphatic carbocycles. The molecule has 0 saturated heterocycles. The molecular formula is C14H19BrO. The van der Waals surface area contributed by atoms with Crippen LogP contribution >= 0.6 is 15.9 Å². The van der Waals surface area contributed by atoms with Gasteiger partial charge in [-0.1, -0.05) is 35.8 Å². The molecule has 2 rings (SSSR count). The molecule has 2 unspecified atom stereocenters. The summed E-state index contributed by atoms with van der Waals surface area (Å²) in [7, 11) is 0. The summed E-state index contributed by atoms with van der Waals surface area (Å²) < 4.78 is 1.12. The molecule has 1 aromatic carbocycles. The van der Waals surface area contributed by atoms with Crippen molar-refractivity contribution in [1.82, 2.24) is 0 Å². The van der Waals surface area contributed by atoms with E-state index in [-0.39, 0.29) is 6.10 Å². The van der Waals surface area contributed by atoms with Gasteiger partial charge < -0.3 is 5.11 Å². The smallest absolute Gasteiger partial charge is 0.0826 e. The molecule has 0 bridgehead atoms. The summed E-state index contributed by atoms with van der Waals surface area (Å²) in [5.41, 5.74) is 3.77. The number of halogens is 1. The molecule has 2 heteroatoms. The summed E-state index contributed by atoms with van der Waals surface area (Å²) in [4.78, 5) is 0. The molecule has 88 valence electrons. The molecule has 1 nitrogen and oxygen atoms in total. The molecule has 0 heterocycles. The van der Waals surface area contributed by atoms with E-state index in [0.717, 1.165) is 16.5 Å². The Labute approximate surface area is 106 Å². The molecule has 2 atom stereocenters. The van der Waals surface area contributed by atoms with Crippen LogP contribution in [0.25, 0.3) is 0 Å². The Balaban J connectivity index is 2.31. The van der Waals surface area contributed by atoms with Gasteiger partial charge in [0.15, 0.2) is 0 Å². The van der Waals surface area contributed by atoms with E-state index in [1.807, 2.05) is 0 Å². The lowest BCUT2D eigenvalue weighted by atomic mass is 9.95. The third kappa shape index (κ3) is 2.05. The first kappa shape index (κ1) is 12.1. The van der Waals surface area contributed by atoms with E-state index in [9.17, 15) is 5.11 Å². The minimum absolute atomic E-state index is 0.304. The molecule has 1 fully saturated rings. The fourth-order valence-corrected chi connectivity index (χ4v) is 2.84. The van der Waals surface area contributed by atoms with Crippen molar-refractivity contribution in [2.24, 2.45) is 11.3 Å². The van der Waals surface area contributed by atoms with Gasteiger partial charge in [-0.15, -0.1) is 0 Å². The number of hydrogen-bond donors (Lipinski definition) is 1. The van der Waals surface area contributed by atoms with Crippen molar-refractivity contribution in [3.05, 3.63) is 33.3 Å². The van der Waals surface area contributed by atoms with Gasteiger partial charge in [-0.2, -0.15) is 0 Å². The molecule has 16 heavy (non-hydrogen) atoms. The number of rotatable bonds is 2. The van der Waals surface area contributed by atoms with Crippen LogP contribution < -0.4 is 0 Å². The van der Waals surface area contributed by atoms with Crippen LogP contribution in [0.3, 0.4) is 0 Å². The normalized spacial score (nSPS) is 24.2. The summed E-state index contributed by atoms with van der Waals surface area (Å²) in [6.07, 6.45) is 0.824. The predicted molar refractivity (Wildman–Crippen MR) is 70.5 cm³/mol. The lowest BCUT2D eigenvalue weighted by Crippen LogP contribution is -2.07. The van der Waals surface area contributed by atoms with E-state index >= 15 is 0 Å². The fourth-order valence-electron chi connectivity index (χ4n) is 2.39. The Morgan fingerprint density at radius 2 is 1.88 bits per heavy atom. The standard InChI is InChI=1S/C14H19BrO/c1-8-6-12(15)9(2)5-10(8)13(16)11-7-14(11,3)4/h5-6,11,13,16H,7H2,1-4H3. The highest BCUT2D eigenvalue weighted by Gasteiger charge is 2.50. The summed E-state index contributed by atoms with van der Waals surface area (Å²) in [5.74, 6) is 0.423. The minimum Gasteiger partial charge on any atom is -0.388 e. The van der Waals surface area contributed by atoms with E-state index < -0.39 is 0 Å². The lowest BCUT2D eigenvalue weighted by Gasteiger charge is -2.17. The number of aryl methyl sites for hydroxylation is 2. The van der Waals surface area contributed by atoms with Crippen molar-refractivity contribution in [2.45, 2.75) is 40.2 Å². The molecule has 1 aromatic rings. The van der Waals surface area contributed by atoms with Crippen molar-refractivity contribution in [3.63, 3.8) is 0 Å². The number of benzene rings is 1. The van der Waals surface area contributed by atoms with Gasteiger partial charge in [0.25, 0.3) is 0 Å². The third-order valence-corrected chi connectivity index (χ3v) is 4.69. The average Bonchev–Trinajstić information content (AvgIpc) is 2.80. The lowest BCUT2D eigenvalue weighted by molar-refractivity contribution is 0.137. The van der Waals surface area contributed by atoms with Gasteiger partial charge in [-0.25, -0.2) is 0 Å². The van der Waals surface area contributed by atoms with Gasteiger partial charge in [0.05, 0.1) is 6.10 Å². The van der Waals surface area contributed by atoms with Gasteiger partial charge >= 0.3 is 0 Å². The number of aliphatic hydroxyl groups is 1. The second kappa shape index (κ2) is 3.85. The molecule has 0 spiro atoms. The Hall–Kier alpha value is -0.340. The van der Waals surface area contributed by atoms with Crippen molar-refractivity contribution in [3.8, 4) is 0 Å². The molecular weight excluding hydrogens is 264 g/mol. The quantitative estimate of drug-likeness (QED) is 0.864. The van der Waals surface area contributed by atoms with E-state index in [1.165, 1.54) is 11.1 Å². The molecule has 1 N–H and O–H groups in total. The predicted octanol–water partition coefficient (Wildman–Crippen LogP) is 4.15. The van der Waals surface area contributed by atoms with Crippen LogP contribution in [0.15, 0.2) is 16.6 Å². The van der Waals surface area contributed by atoms with Crippen molar-refractivity contribution >= 4 is 15.9 Å². The maximum Gasteiger partial charge on any atom is 0.0826 e. The fraction of sp³-hybridized carbons (Fsp3) is 0.571. The summed E-state index contributed by atoms with van der Waals surface area (Å²) in [6, 6.07) is 4.21. The number of hydrogen-bond acceptors (Lipinski definition) is 1. The van der Waals surface area contributed by atoms with E-state index in [4.69, 9.17) is 0 Å². The first-order valence-electron chi connectivity index (χ1n) is 5.77. The maximum atomic E-state index is 10.4. The van der Waals surface area contributed by atoms with E-state index in [2.05, 4.69) is 55.8 Å². The van der Waals surface area contributed by atoms with Crippen LogP contribution in [0.1, 0.15) is 43.1 Å². The van der Waals surface area contributed by atoms with E-state index in [1.54, 1.807) is 0 Å². The Kier molecular flexibility index (Phi) is 2.92. The van der Waals surface area contributed by atoms with Crippen molar-refractivity contribution < 1.29 is 5.11 Å². The van der Waals surface area contributed by atoms with Crippen LogP contribution in [0.4, 0.5) is 0 Å². The maximum absolute atomic E-state index is 10.4. The van der Waals surface area contributed by atoms with Gasteiger partial charge in [-0.3, -0.25) is 0 Å².